The van der Waals surface area contributed by atoms with Gasteiger partial charge in [-0.1, -0.05) is 19.1 Å². The largest absolute Gasteiger partial charge is 0.297 e. The zero-order valence-corrected chi connectivity index (χ0v) is 13.4. The molecule has 1 amide bonds. The predicted molar refractivity (Wildman–Crippen MR) is 89.2 cm³/mol. The monoisotopic (exact) mass is 332 g/mol. The number of halogens is 1. The van der Waals surface area contributed by atoms with Gasteiger partial charge in [0.2, 0.25) is 0 Å². The molecule has 0 aliphatic heterocycles. The average Bonchev–Trinajstić information content (AvgIpc) is 3.15. The molecule has 3 rings (SSSR count). The number of thiazole rings is 1. The molecule has 3 aromatic rings. The number of hydrogen-bond donors (Lipinski definition) is 1. The van der Waals surface area contributed by atoms with Crippen molar-refractivity contribution < 1.29 is 9.18 Å². The molecule has 112 valence electrons. The number of thiophene rings is 1. The quantitative estimate of drug-likeness (QED) is 0.744. The molecule has 1 N–H and O–H groups in total. The maximum absolute atomic E-state index is 13.2. The van der Waals surface area contributed by atoms with Gasteiger partial charge >= 0.3 is 0 Å². The van der Waals surface area contributed by atoms with E-state index in [1.54, 1.807) is 17.5 Å². The first-order chi connectivity index (χ1) is 10.7. The summed E-state index contributed by atoms with van der Waals surface area (Å²) in [6, 6.07) is 8.20. The van der Waals surface area contributed by atoms with Gasteiger partial charge in [0.05, 0.1) is 10.6 Å². The SMILES string of the molecule is CCc1ccsc1C(=O)Nc1nc(-c2cccc(F)c2)cs1. The number of carbonyl (C=O) groups excluding carboxylic acids is 1. The van der Waals surface area contributed by atoms with Crippen LogP contribution in [0.4, 0.5) is 9.52 Å². The molecule has 6 heteroatoms. The second-order valence-corrected chi connectivity index (χ2v) is 6.41. The molecule has 1 aromatic carbocycles. The molecule has 2 aromatic heterocycles. The third-order valence-corrected chi connectivity index (χ3v) is 4.89. The number of hydrogen-bond acceptors (Lipinski definition) is 4. The van der Waals surface area contributed by atoms with Crippen LogP contribution in [-0.2, 0) is 6.42 Å². The minimum Gasteiger partial charge on any atom is -0.297 e. The van der Waals surface area contributed by atoms with Gasteiger partial charge in [0, 0.05) is 10.9 Å². The van der Waals surface area contributed by atoms with Crippen molar-refractivity contribution in [2.45, 2.75) is 13.3 Å². The van der Waals surface area contributed by atoms with Crippen LogP contribution < -0.4 is 5.32 Å². The Kier molecular flexibility index (Phi) is 4.31. The van der Waals surface area contributed by atoms with E-state index in [2.05, 4.69) is 10.3 Å². The van der Waals surface area contributed by atoms with Gasteiger partial charge in [-0.3, -0.25) is 10.1 Å². The van der Waals surface area contributed by atoms with Crippen molar-refractivity contribution in [1.82, 2.24) is 4.98 Å². The lowest BCUT2D eigenvalue weighted by molar-refractivity contribution is 0.103. The summed E-state index contributed by atoms with van der Waals surface area (Å²) in [7, 11) is 0. The summed E-state index contributed by atoms with van der Waals surface area (Å²) in [6.07, 6.45) is 0.818. The first-order valence-electron chi connectivity index (χ1n) is 6.76. The fourth-order valence-electron chi connectivity index (χ4n) is 2.08. The number of anilines is 1. The fraction of sp³-hybridized carbons (Fsp3) is 0.125. The Bertz CT molecular complexity index is 810. The molecule has 0 bridgehead atoms. The lowest BCUT2D eigenvalue weighted by Crippen LogP contribution is -2.11. The van der Waals surface area contributed by atoms with Crippen molar-refractivity contribution in [3.63, 3.8) is 0 Å². The highest BCUT2D eigenvalue weighted by Crippen LogP contribution is 2.26. The van der Waals surface area contributed by atoms with E-state index in [-0.39, 0.29) is 11.7 Å². The number of aryl methyl sites for hydroxylation is 1. The van der Waals surface area contributed by atoms with E-state index >= 15 is 0 Å². The van der Waals surface area contributed by atoms with Crippen LogP contribution in [0.2, 0.25) is 0 Å². The maximum Gasteiger partial charge on any atom is 0.267 e. The van der Waals surface area contributed by atoms with Gasteiger partial charge in [0.15, 0.2) is 5.13 Å². The van der Waals surface area contributed by atoms with E-state index in [1.807, 2.05) is 18.4 Å². The van der Waals surface area contributed by atoms with Crippen LogP contribution in [0.3, 0.4) is 0 Å². The van der Waals surface area contributed by atoms with Gasteiger partial charge in [-0.25, -0.2) is 9.37 Å². The van der Waals surface area contributed by atoms with Gasteiger partial charge in [-0.15, -0.1) is 22.7 Å². The first kappa shape index (κ1) is 14.9. The molecule has 0 unspecified atom stereocenters. The summed E-state index contributed by atoms with van der Waals surface area (Å²) in [5, 5.41) is 7.04. The van der Waals surface area contributed by atoms with E-state index in [0.29, 0.717) is 21.3 Å². The van der Waals surface area contributed by atoms with Crippen molar-refractivity contribution in [1.29, 1.82) is 0 Å². The van der Waals surface area contributed by atoms with E-state index in [9.17, 15) is 9.18 Å². The zero-order chi connectivity index (χ0) is 15.5. The van der Waals surface area contributed by atoms with E-state index in [4.69, 9.17) is 0 Å². The molecule has 22 heavy (non-hydrogen) atoms. The number of nitrogens with zero attached hydrogens (tertiary/aromatic N) is 1. The molecule has 0 fully saturated rings. The molecule has 2 heterocycles. The molecule has 0 aliphatic carbocycles. The van der Waals surface area contributed by atoms with Gasteiger partial charge in [0.1, 0.15) is 5.82 Å². The van der Waals surface area contributed by atoms with E-state index in [0.717, 1.165) is 12.0 Å². The van der Waals surface area contributed by atoms with Crippen LogP contribution in [0.15, 0.2) is 41.1 Å². The molecule has 0 aliphatic rings. The van der Waals surface area contributed by atoms with E-state index < -0.39 is 0 Å². The summed E-state index contributed by atoms with van der Waals surface area (Å²) < 4.78 is 13.2. The van der Waals surface area contributed by atoms with Crippen molar-refractivity contribution in [2.75, 3.05) is 5.32 Å². The van der Waals surface area contributed by atoms with Gasteiger partial charge in [-0.2, -0.15) is 0 Å². The minimum atomic E-state index is -0.303. The van der Waals surface area contributed by atoms with Crippen LogP contribution in [0.25, 0.3) is 11.3 Å². The van der Waals surface area contributed by atoms with Gasteiger partial charge in [-0.05, 0) is 35.6 Å². The number of amides is 1. The second kappa shape index (κ2) is 6.37. The Labute approximate surface area is 135 Å². The average molecular weight is 332 g/mol. The lowest BCUT2D eigenvalue weighted by Gasteiger charge is -2.01. The van der Waals surface area contributed by atoms with Crippen molar-refractivity contribution >= 4 is 33.7 Å². The zero-order valence-electron chi connectivity index (χ0n) is 11.8. The summed E-state index contributed by atoms with van der Waals surface area (Å²) in [4.78, 5) is 17.3. The third-order valence-electron chi connectivity index (χ3n) is 3.18. The number of rotatable bonds is 4. The topological polar surface area (TPSA) is 42.0 Å². The summed E-state index contributed by atoms with van der Waals surface area (Å²) >= 11 is 2.75. The molecule has 0 atom stereocenters. The molecule has 0 spiro atoms. The molecular weight excluding hydrogens is 319 g/mol. The van der Waals surface area contributed by atoms with Crippen LogP contribution in [0, 0.1) is 5.82 Å². The van der Waals surface area contributed by atoms with Gasteiger partial charge in [0.25, 0.3) is 5.91 Å². The molecule has 0 saturated carbocycles. The summed E-state index contributed by atoms with van der Waals surface area (Å²) in [5.41, 5.74) is 2.38. The number of aromatic nitrogens is 1. The number of benzene rings is 1. The Morgan fingerprint density at radius 3 is 2.95 bits per heavy atom. The predicted octanol–water partition coefficient (Wildman–Crippen LogP) is 4.83. The van der Waals surface area contributed by atoms with Crippen LogP contribution in [-0.4, -0.2) is 10.9 Å². The highest BCUT2D eigenvalue weighted by atomic mass is 32.1. The van der Waals surface area contributed by atoms with Crippen molar-refractivity contribution in [2.24, 2.45) is 0 Å². The Balaban J connectivity index is 1.79. The molecule has 0 saturated heterocycles. The Morgan fingerprint density at radius 2 is 2.18 bits per heavy atom. The Morgan fingerprint density at radius 1 is 1.32 bits per heavy atom. The molecule has 3 nitrogen and oxygen atoms in total. The van der Waals surface area contributed by atoms with Crippen LogP contribution in [0.1, 0.15) is 22.2 Å². The molecule has 0 radical (unpaired) electrons. The highest BCUT2D eigenvalue weighted by Gasteiger charge is 2.14. The van der Waals surface area contributed by atoms with Crippen LogP contribution >= 0.6 is 22.7 Å². The number of carbonyl (C=O) groups is 1. The highest BCUT2D eigenvalue weighted by molar-refractivity contribution is 7.14. The Hall–Kier alpha value is -2.05. The third kappa shape index (κ3) is 3.08. The maximum atomic E-state index is 13.2. The van der Waals surface area contributed by atoms with Gasteiger partial charge < -0.3 is 0 Å². The normalized spacial score (nSPS) is 10.6. The lowest BCUT2D eigenvalue weighted by atomic mass is 10.2. The van der Waals surface area contributed by atoms with Crippen molar-refractivity contribution in [3.8, 4) is 11.3 Å². The first-order valence-corrected chi connectivity index (χ1v) is 8.52. The summed E-state index contributed by atoms with van der Waals surface area (Å²) in [5.74, 6) is -0.450. The minimum absolute atomic E-state index is 0.146. The fourth-order valence-corrected chi connectivity index (χ4v) is 3.68. The summed E-state index contributed by atoms with van der Waals surface area (Å²) in [6.45, 7) is 2.02. The smallest absolute Gasteiger partial charge is 0.267 e. The van der Waals surface area contributed by atoms with E-state index in [1.165, 1.54) is 34.8 Å². The number of nitrogens with one attached hydrogen (secondary N) is 1. The van der Waals surface area contributed by atoms with Crippen LogP contribution in [0.5, 0.6) is 0 Å². The molecular formula is C16H13FN2OS2. The van der Waals surface area contributed by atoms with Crippen molar-refractivity contribution in [3.05, 3.63) is 57.3 Å². The standard InChI is InChI=1S/C16H13FN2OS2/c1-2-10-6-7-21-14(10)15(20)19-16-18-13(9-22-16)11-4-3-5-12(17)8-11/h3-9H,2H2,1H3,(H,18,19,20). The second-order valence-electron chi connectivity index (χ2n) is 4.63.